The highest BCUT2D eigenvalue weighted by Gasteiger charge is 2.16. The zero-order valence-electron chi connectivity index (χ0n) is 10.2. The Bertz CT molecular complexity index is 497. The van der Waals surface area contributed by atoms with Crippen molar-refractivity contribution in [1.29, 1.82) is 0 Å². The van der Waals surface area contributed by atoms with Gasteiger partial charge in [-0.3, -0.25) is 5.32 Å². The lowest BCUT2D eigenvalue weighted by atomic mass is 10.2. The normalized spacial score (nSPS) is 9.67. The quantitative estimate of drug-likeness (QED) is 0.799. The average Bonchev–Trinajstić information content (AvgIpc) is 2.30. The van der Waals surface area contributed by atoms with E-state index in [1.165, 1.54) is 6.08 Å². The summed E-state index contributed by atoms with van der Waals surface area (Å²) in [6, 6.07) is 1.54. The van der Waals surface area contributed by atoms with Gasteiger partial charge in [0.05, 0.1) is 5.69 Å². The first-order valence-electron chi connectivity index (χ1n) is 5.22. The monoisotopic (exact) mass is 250 g/mol. The minimum atomic E-state index is -1.21. The van der Waals surface area contributed by atoms with Crippen LogP contribution < -0.4 is 5.32 Å². The Hall–Kier alpha value is -2.37. The fourth-order valence-electron chi connectivity index (χ4n) is 1.24. The minimum Gasteiger partial charge on any atom is -0.476 e. The van der Waals surface area contributed by atoms with Crippen LogP contribution in [0.3, 0.4) is 0 Å². The van der Waals surface area contributed by atoms with Gasteiger partial charge < -0.3 is 9.84 Å². The number of aromatic nitrogens is 1. The van der Waals surface area contributed by atoms with Gasteiger partial charge in [-0.1, -0.05) is 12.7 Å². The van der Waals surface area contributed by atoms with Crippen LogP contribution in [0.4, 0.5) is 10.5 Å². The van der Waals surface area contributed by atoms with E-state index in [4.69, 9.17) is 9.84 Å². The SMILES string of the molecule is C=CCOC(=O)Nc1cc(C)c(C)nc1C(=O)O. The van der Waals surface area contributed by atoms with Crippen LogP contribution in [-0.2, 0) is 4.74 Å². The summed E-state index contributed by atoms with van der Waals surface area (Å²) >= 11 is 0. The Morgan fingerprint density at radius 2 is 2.22 bits per heavy atom. The number of nitrogens with one attached hydrogen (secondary N) is 1. The van der Waals surface area contributed by atoms with Gasteiger partial charge in [0, 0.05) is 5.69 Å². The van der Waals surface area contributed by atoms with Crippen LogP contribution in [0.25, 0.3) is 0 Å². The molecule has 0 saturated heterocycles. The van der Waals surface area contributed by atoms with Crippen molar-refractivity contribution in [2.24, 2.45) is 0 Å². The number of amides is 1. The number of rotatable bonds is 4. The Morgan fingerprint density at radius 3 is 2.78 bits per heavy atom. The number of carboxylic acid groups (broad SMARTS) is 1. The van der Waals surface area contributed by atoms with E-state index in [0.717, 1.165) is 5.56 Å². The molecule has 0 saturated carbocycles. The molecule has 6 nitrogen and oxygen atoms in total. The van der Waals surface area contributed by atoms with E-state index in [2.05, 4.69) is 16.9 Å². The molecule has 0 aromatic carbocycles. The van der Waals surface area contributed by atoms with Gasteiger partial charge in [0.1, 0.15) is 6.61 Å². The number of aryl methyl sites for hydroxylation is 2. The summed E-state index contributed by atoms with van der Waals surface area (Å²) in [6.45, 7) is 6.92. The third-order valence-electron chi connectivity index (χ3n) is 2.24. The number of carbonyl (C=O) groups is 2. The van der Waals surface area contributed by atoms with E-state index in [-0.39, 0.29) is 18.0 Å². The summed E-state index contributed by atoms with van der Waals surface area (Å²) in [5.41, 5.74) is 1.27. The summed E-state index contributed by atoms with van der Waals surface area (Å²) in [5.74, 6) is -1.21. The second-order valence-corrected chi connectivity index (χ2v) is 3.60. The van der Waals surface area contributed by atoms with Gasteiger partial charge in [-0.25, -0.2) is 14.6 Å². The van der Waals surface area contributed by atoms with E-state index >= 15 is 0 Å². The van der Waals surface area contributed by atoms with Gasteiger partial charge in [-0.2, -0.15) is 0 Å². The number of carbonyl (C=O) groups excluding carboxylic acids is 1. The third kappa shape index (κ3) is 3.31. The number of nitrogens with zero attached hydrogens (tertiary/aromatic N) is 1. The van der Waals surface area contributed by atoms with Crippen LogP contribution in [0.5, 0.6) is 0 Å². The van der Waals surface area contributed by atoms with E-state index in [1.54, 1.807) is 19.9 Å². The first kappa shape index (κ1) is 13.7. The first-order valence-corrected chi connectivity index (χ1v) is 5.22. The molecule has 1 aromatic heterocycles. The van der Waals surface area contributed by atoms with Crippen LogP contribution in [0, 0.1) is 13.8 Å². The second kappa shape index (κ2) is 5.81. The van der Waals surface area contributed by atoms with Crippen LogP contribution in [0.1, 0.15) is 21.7 Å². The molecule has 18 heavy (non-hydrogen) atoms. The van der Waals surface area contributed by atoms with Crippen LogP contribution in [0.15, 0.2) is 18.7 Å². The fraction of sp³-hybridized carbons (Fsp3) is 0.250. The van der Waals surface area contributed by atoms with E-state index < -0.39 is 12.1 Å². The molecule has 0 aliphatic heterocycles. The van der Waals surface area contributed by atoms with Crippen molar-refractivity contribution in [2.75, 3.05) is 11.9 Å². The molecule has 1 aromatic rings. The minimum absolute atomic E-state index is 0.0481. The van der Waals surface area contributed by atoms with Crippen molar-refractivity contribution >= 4 is 17.7 Å². The molecular weight excluding hydrogens is 236 g/mol. The summed E-state index contributed by atoms with van der Waals surface area (Å²) in [6.07, 6.45) is 0.665. The molecule has 1 heterocycles. The maximum absolute atomic E-state index is 11.3. The smallest absolute Gasteiger partial charge is 0.412 e. The Kier molecular flexibility index (Phi) is 4.42. The molecular formula is C12H14N2O4. The number of hydrogen-bond donors (Lipinski definition) is 2. The number of hydrogen-bond acceptors (Lipinski definition) is 4. The van der Waals surface area contributed by atoms with Crippen molar-refractivity contribution in [2.45, 2.75) is 13.8 Å². The van der Waals surface area contributed by atoms with Gasteiger partial charge >= 0.3 is 12.1 Å². The fourth-order valence-corrected chi connectivity index (χ4v) is 1.24. The van der Waals surface area contributed by atoms with Gasteiger partial charge in [0.2, 0.25) is 0 Å². The number of ether oxygens (including phenoxy) is 1. The zero-order valence-corrected chi connectivity index (χ0v) is 10.2. The molecule has 0 spiro atoms. The number of anilines is 1. The van der Waals surface area contributed by atoms with Crippen molar-refractivity contribution in [3.63, 3.8) is 0 Å². The summed E-state index contributed by atoms with van der Waals surface area (Å²) in [4.78, 5) is 26.3. The maximum atomic E-state index is 11.3. The Balaban J connectivity index is 3.00. The maximum Gasteiger partial charge on any atom is 0.412 e. The predicted molar refractivity (Wildman–Crippen MR) is 65.8 cm³/mol. The lowest BCUT2D eigenvalue weighted by Gasteiger charge is -2.10. The molecule has 0 aliphatic rings. The van der Waals surface area contributed by atoms with Crippen molar-refractivity contribution < 1.29 is 19.4 Å². The Morgan fingerprint density at radius 1 is 1.56 bits per heavy atom. The van der Waals surface area contributed by atoms with Crippen molar-refractivity contribution in [3.8, 4) is 0 Å². The Labute approximate surface area is 104 Å². The highest BCUT2D eigenvalue weighted by Crippen LogP contribution is 2.18. The van der Waals surface area contributed by atoms with Crippen molar-refractivity contribution in [1.82, 2.24) is 4.98 Å². The van der Waals surface area contributed by atoms with Crippen LogP contribution in [-0.4, -0.2) is 28.8 Å². The molecule has 0 radical (unpaired) electrons. The van der Waals surface area contributed by atoms with Gasteiger partial charge in [-0.15, -0.1) is 0 Å². The van der Waals surface area contributed by atoms with E-state index in [9.17, 15) is 9.59 Å². The highest BCUT2D eigenvalue weighted by atomic mass is 16.5. The molecule has 0 atom stereocenters. The third-order valence-corrected chi connectivity index (χ3v) is 2.24. The molecule has 0 unspecified atom stereocenters. The second-order valence-electron chi connectivity index (χ2n) is 3.60. The standard InChI is InChI=1S/C12H14N2O4/c1-4-5-18-12(17)14-9-6-7(2)8(3)13-10(9)11(15)16/h4,6H,1,5H2,2-3H3,(H,14,17)(H,15,16). The molecule has 0 bridgehead atoms. The lowest BCUT2D eigenvalue weighted by Crippen LogP contribution is -2.17. The summed E-state index contributed by atoms with van der Waals surface area (Å²) < 4.78 is 4.71. The molecule has 6 heteroatoms. The van der Waals surface area contributed by atoms with Crippen LogP contribution in [0.2, 0.25) is 0 Å². The zero-order chi connectivity index (χ0) is 13.7. The molecule has 0 fully saturated rings. The van der Waals surface area contributed by atoms with Gasteiger partial charge in [0.25, 0.3) is 0 Å². The number of pyridine rings is 1. The number of carboxylic acids is 1. The van der Waals surface area contributed by atoms with Crippen molar-refractivity contribution in [3.05, 3.63) is 35.7 Å². The summed E-state index contributed by atoms with van der Waals surface area (Å²) in [5, 5.41) is 11.3. The average molecular weight is 250 g/mol. The van der Waals surface area contributed by atoms with Gasteiger partial charge in [0.15, 0.2) is 5.69 Å². The first-order chi connectivity index (χ1) is 8.45. The molecule has 96 valence electrons. The molecule has 1 amide bonds. The topological polar surface area (TPSA) is 88.5 Å². The lowest BCUT2D eigenvalue weighted by molar-refractivity contribution is 0.0691. The largest absolute Gasteiger partial charge is 0.476 e. The van der Waals surface area contributed by atoms with Crippen LogP contribution >= 0.6 is 0 Å². The molecule has 2 N–H and O–H groups in total. The van der Waals surface area contributed by atoms with Gasteiger partial charge in [-0.05, 0) is 25.5 Å². The van der Waals surface area contributed by atoms with E-state index in [0.29, 0.717) is 5.69 Å². The summed E-state index contributed by atoms with van der Waals surface area (Å²) in [7, 11) is 0. The molecule has 0 aliphatic carbocycles. The highest BCUT2D eigenvalue weighted by molar-refractivity contribution is 5.97. The molecule has 1 rings (SSSR count). The predicted octanol–water partition coefficient (Wildman–Crippen LogP) is 2.13. The van der Waals surface area contributed by atoms with E-state index in [1.807, 2.05) is 0 Å². The number of aromatic carboxylic acids is 1.